The fourth-order valence-electron chi connectivity index (χ4n) is 1.72. The minimum absolute atomic E-state index is 0.0793. The number of halogens is 3. The van der Waals surface area contributed by atoms with Crippen LogP contribution >= 0.6 is 0 Å². The summed E-state index contributed by atoms with van der Waals surface area (Å²) in [5, 5.41) is 2.57. The van der Waals surface area contributed by atoms with Gasteiger partial charge in [0.05, 0.1) is 17.7 Å². The molecule has 0 bridgehead atoms. The number of ether oxygens (including phenoxy) is 1. The predicted molar refractivity (Wildman–Crippen MR) is 81.3 cm³/mol. The lowest BCUT2D eigenvalue weighted by Crippen LogP contribution is -2.23. The Balaban J connectivity index is 1.77. The van der Waals surface area contributed by atoms with Crippen molar-refractivity contribution in [1.29, 1.82) is 0 Å². The summed E-state index contributed by atoms with van der Waals surface area (Å²) >= 11 is 0. The van der Waals surface area contributed by atoms with Crippen LogP contribution in [0.3, 0.4) is 0 Å². The van der Waals surface area contributed by atoms with E-state index in [9.17, 15) is 18.0 Å². The van der Waals surface area contributed by atoms with E-state index in [1.165, 1.54) is 18.3 Å². The highest BCUT2D eigenvalue weighted by atomic mass is 19.4. The molecule has 1 aromatic heterocycles. The quantitative estimate of drug-likeness (QED) is 0.875. The van der Waals surface area contributed by atoms with Crippen LogP contribution in [0.15, 0.2) is 48.8 Å². The molecular formula is C17H13F3N2O2. The first-order chi connectivity index (χ1) is 11.5. The van der Waals surface area contributed by atoms with E-state index in [-0.39, 0.29) is 24.8 Å². The minimum Gasteiger partial charge on any atom is -0.481 e. The summed E-state index contributed by atoms with van der Waals surface area (Å²) < 4.78 is 42.8. The second kappa shape index (κ2) is 8.02. The highest BCUT2D eigenvalue weighted by Gasteiger charge is 2.30. The first-order valence-corrected chi connectivity index (χ1v) is 6.91. The Morgan fingerprint density at radius 2 is 2.04 bits per heavy atom. The summed E-state index contributed by atoms with van der Waals surface area (Å²) in [6.45, 7) is 0.0176. The van der Waals surface area contributed by atoms with Crippen LogP contribution in [0.5, 0.6) is 5.75 Å². The molecule has 0 saturated carbocycles. The van der Waals surface area contributed by atoms with Gasteiger partial charge in [-0.25, -0.2) is 0 Å². The number of carbonyl (C=O) groups excluding carboxylic acids is 1. The van der Waals surface area contributed by atoms with Gasteiger partial charge in [0.2, 0.25) is 0 Å². The van der Waals surface area contributed by atoms with Crippen molar-refractivity contribution in [1.82, 2.24) is 10.3 Å². The SMILES string of the molecule is O=C(NCC#CCOc1cccc(C(F)(F)F)c1)c1cccnc1. The van der Waals surface area contributed by atoms with Crippen LogP contribution in [-0.4, -0.2) is 24.0 Å². The Kier molecular flexibility index (Phi) is 5.79. The van der Waals surface area contributed by atoms with Gasteiger partial charge in [-0.15, -0.1) is 0 Å². The summed E-state index contributed by atoms with van der Waals surface area (Å²) in [6, 6.07) is 7.81. The van der Waals surface area contributed by atoms with Gasteiger partial charge in [-0.2, -0.15) is 13.2 Å². The summed E-state index contributed by atoms with van der Waals surface area (Å²) in [7, 11) is 0. The third kappa shape index (κ3) is 5.32. The number of hydrogen-bond acceptors (Lipinski definition) is 3. The largest absolute Gasteiger partial charge is 0.481 e. The Bertz CT molecular complexity index is 750. The zero-order valence-electron chi connectivity index (χ0n) is 12.4. The molecule has 0 spiro atoms. The van der Waals surface area contributed by atoms with Gasteiger partial charge in [0, 0.05) is 12.4 Å². The highest BCUT2D eigenvalue weighted by molar-refractivity contribution is 5.93. The van der Waals surface area contributed by atoms with Crippen molar-refractivity contribution in [2.24, 2.45) is 0 Å². The first kappa shape index (κ1) is 17.3. The molecule has 0 aliphatic heterocycles. The molecule has 1 heterocycles. The zero-order valence-corrected chi connectivity index (χ0v) is 12.4. The number of carbonyl (C=O) groups is 1. The topological polar surface area (TPSA) is 51.2 Å². The monoisotopic (exact) mass is 334 g/mol. The molecule has 0 unspecified atom stereocenters. The Morgan fingerprint density at radius 1 is 1.21 bits per heavy atom. The maximum absolute atomic E-state index is 12.5. The molecule has 124 valence electrons. The normalized spacial score (nSPS) is 10.5. The van der Waals surface area contributed by atoms with Crippen molar-refractivity contribution < 1.29 is 22.7 Å². The molecule has 1 amide bonds. The molecule has 7 heteroatoms. The third-order valence-electron chi connectivity index (χ3n) is 2.86. The van der Waals surface area contributed by atoms with Crippen molar-refractivity contribution in [3.05, 3.63) is 59.9 Å². The predicted octanol–water partition coefficient (Wildman–Crippen LogP) is 2.91. The van der Waals surface area contributed by atoms with Crippen LogP contribution < -0.4 is 10.1 Å². The first-order valence-electron chi connectivity index (χ1n) is 6.91. The van der Waals surface area contributed by atoms with E-state index in [1.54, 1.807) is 18.3 Å². The number of amides is 1. The van der Waals surface area contributed by atoms with E-state index >= 15 is 0 Å². The molecule has 0 radical (unpaired) electrons. The molecule has 1 aromatic carbocycles. The van der Waals surface area contributed by atoms with Gasteiger partial charge >= 0.3 is 6.18 Å². The lowest BCUT2D eigenvalue weighted by atomic mass is 10.2. The van der Waals surface area contributed by atoms with Crippen LogP contribution in [0.1, 0.15) is 15.9 Å². The fourth-order valence-corrected chi connectivity index (χ4v) is 1.72. The summed E-state index contributed by atoms with van der Waals surface area (Å²) in [5.74, 6) is 5.04. The average molecular weight is 334 g/mol. The van der Waals surface area contributed by atoms with E-state index in [1.807, 2.05) is 0 Å². The fraction of sp³-hybridized carbons (Fsp3) is 0.176. The molecule has 24 heavy (non-hydrogen) atoms. The molecule has 2 aromatic rings. The minimum atomic E-state index is -4.42. The average Bonchev–Trinajstić information content (AvgIpc) is 2.58. The van der Waals surface area contributed by atoms with Gasteiger partial charge in [0.25, 0.3) is 5.91 Å². The molecule has 4 nitrogen and oxygen atoms in total. The number of alkyl halides is 3. The second-order valence-corrected chi connectivity index (χ2v) is 4.59. The lowest BCUT2D eigenvalue weighted by Gasteiger charge is -2.08. The lowest BCUT2D eigenvalue weighted by molar-refractivity contribution is -0.137. The Labute approximate surface area is 136 Å². The van der Waals surface area contributed by atoms with E-state index in [2.05, 4.69) is 22.1 Å². The molecule has 0 aliphatic rings. The van der Waals surface area contributed by atoms with Crippen molar-refractivity contribution >= 4 is 5.91 Å². The highest BCUT2D eigenvalue weighted by Crippen LogP contribution is 2.31. The van der Waals surface area contributed by atoms with Crippen LogP contribution in [0.4, 0.5) is 13.2 Å². The van der Waals surface area contributed by atoms with E-state index < -0.39 is 11.7 Å². The zero-order chi connectivity index (χ0) is 17.4. The van der Waals surface area contributed by atoms with Crippen LogP contribution in [0.2, 0.25) is 0 Å². The molecule has 1 N–H and O–H groups in total. The summed E-state index contributed by atoms with van der Waals surface area (Å²) in [4.78, 5) is 15.5. The van der Waals surface area contributed by atoms with Gasteiger partial charge in [-0.3, -0.25) is 9.78 Å². The maximum atomic E-state index is 12.5. The molecule has 0 atom stereocenters. The summed E-state index contributed by atoms with van der Waals surface area (Å²) in [6.07, 6.45) is -1.43. The molecular weight excluding hydrogens is 321 g/mol. The number of pyridine rings is 1. The standard InChI is InChI=1S/C17H13F3N2O2/c18-17(19,20)14-6-3-7-15(11-14)24-10-2-1-9-22-16(23)13-5-4-8-21-12-13/h3-8,11-12H,9-10H2,(H,22,23). The smallest absolute Gasteiger partial charge is 0.416 e. The van der Waals surface area contributed by atoms with E-state index in [0.29, 0.717) is 5.56 Å². The Hall–Kier alpha value is -3.01. The van der Waals surface area contributed by atoms with Crippen LogP contribution in [0, 0.1) is 11.8 Å². The van der Waals surface area contributed by atoms with Crippen LogP contribution in [-0.2, 0) is 6.18 Å². The number of aromatic nitrogens is 1. The van der Waals surface area contributed by atoms with Crippen LogP contribution in [0.25, 0.3) is 0 Å². The molecule has 2 rings (SSSR count). The summed E-state index contributed by atoms with van der Waals surface area (Å²) in [5.41, 5.74) is -0.365. The Morgan fingerprint density at radius 3 is 2.75 bits per heavy atom. The van der Waals surface area contributed by atoms with Gasteiger partial charge < -0.3 is 10.1 Å². The molecule has 0 fully saturated rings. The van der Waals surface area contributed by atoms with Gasteiger partial charge in [-0.1, -0.05) is 17.9 Å². The molecule has 0 saturated heterocycles. The van der Waals surface area contributed by atoms with Crippen molar-refractivity contribution in [2.75, 3.05) is 13.2 Å². The van der Waals surface area contributed by atoms with E-state index in [4.69, 9.17) is 4.74 Å². The second-order valence-electron chi connectivity index (χ2n) is 4.59. The van der Waals surface area contributed by atoms with Crippen molar-refractivity contribution in [2.45, 2.75) is 6.18 Å². The van der Waals surface area contributed by atoms with Gasteiger partial charge in [0.15, 0.2) is 0 Å². The number of benzene rings is 1. The van der Waals surface area contributed by atoms with Gasteiger partial charge in [0.1, 0.15) is 12.4 Å². The maximum Gasteiger partial charge on any atom is 0.416 e. The molecule has 0 aliphatic carbocycles. The number of rotatable bonds is 4. The van der Waals surface area contributed by atoms with Crippen molar-refractivity contribution in [3.63, 3.8) is 0 Å². The van der Waals surface area contributed by atoms with E-state index in [0.717, 1.165) is 12.1 Å². The number of hydrogen-bond donors (Lipinski definition) is 1. The van der Waals surface area contributed by atoms with Crippen molar-refractivity contribution in [3.8, 4) is 17.6 Å². The third-order valence-corrected chi connectivity index (χ3v) is 2.86. The number of nitrogens with zero attached hydrogens (tertiary/aromatic N) is 1. The van der Waals surface area contributed by atoms with Gasteiger partial charge in [-0.05, 0) is 30.3 Å². The number of nitrogens with one attached hydrogen (secondary N) is 1.